The zero-order chi connectivity index (χ0) is 15.0. The van der Waals surface area contributed by atoms with E-state index in [9.17, 15) is 10.1 Å². The largest absolute Gasteiger partial charge is 0.433 e. The molecule has 0 aliphatic rings. The lowest BCUT2D eigenvalue weighted by molar-refractivity contribution is -0.402. The Morgan fingerprint density at radius 2 is 1.81 bits per heavy atom. The van der Waals surface area contributed by atoms with Crippen LogP contribution in [-0.2, 0) is 0 Å². The Morgan fingerprint density at radius 3 is 2.48 bits per heavy atom. The lowest BCUT2D eigenvalue weighted by Gasteiger charge is -2.13. The van der Waals surface area contributed by atoms with Crippen molar-refractivity contribution >= 4 is 16.7 Å². The number of hydrogen-bond donors (Lipinski definition) is 1. The Bertz CT molecular complexity index is 823. The maximum absolute atomic E-state index is 10.7. The first kappa shape index (κ1) is 13.3. The third kappa shape index (κ3) is 2.28. The number of nitro groups is 1. The van der Waals surface area contributed by atoms with E-state index in [0.29, 0.717) is 5.76 Å². The van der Waals surface area contributed by atoms with Crippen LogP contribution in [0.25, 0.3) is 10.8 Å². The molecule has 5 heteroatoms. The van der Waals surface area contributed by atoms with Crippen molar-refractivity contribution in [3.63, 3.8) is 0 Å². The highest BCUT2D eigenvalue weighted by Gasteiger charge is 2.20. The molecule has 0 radical (unpaired) electrons. The van der Waals surface area contributed by atoms with Crippen molar-refractivity contribution in [2.45, 2.75) is 13.0 Å². The minimum atomic E-state index is -0.566. The summed E-state index contributed by atoms with van der Waals surface area (Å²) in [7, 11) is 0. The number of benzene rings is 2. The highest BCUT2D eigenvalue weighted by molar-refractivity contribution is 5.89. The summed E-state index contributed by atoms with van der Waals surface area (Å²) in [4.78, 5) is 10.1. The van der Waals surface area contributed by atoms with Crippen LogP contribution >= 0.6 is 0 Å². The van der Waals surface area contributed by atoms with Gasteiger partial charge in [-0.25, -0.2) is 0 Å². The van der Waals surface area contributed by atoms with E-state index in [1.807, 2.05) is 43.3 Å². The molecule has 3 aromatic rings. The second kappa shape index (κ2) is 5.03. The minimum absolute atomic E-state index is 0.295. The van der Waals surface area contributed by atoms with E-state index >= 15 is 0 Å². The summed E-state index contributed by atoms with van der Waals surface area (Å²) in [6.07, 6.45) is 0. The SMILES string of the molecule is Cc1ccc(C(N)c2ccc([N+](=O)[O-])o2)c2ccccc12. The fraction of sp³-hybridized carbons (Fsp3) is 0.125. The first-order valence-electron chi connectivity index (χ1n) is 6.56. The van der Waals surface area contributed by atoms with Gasteiger partial charge in [-0.1, -0.05) is 36.4 Å². The molecule has 106 valence electrons. The Labute approximate surface area is 121 Å². The molecule has 5 nitrogen and oxygen atoms in total. The predicted molar refractivity (Wildman–Crippen MR) is 80.1 cm³/mol. The Kier molecular flexibility index (Phi) is 3.19. The predicted octanol–water partition coefficient (Wildman–Crippen LogP) is 3.70. The summed E-state index contributed by atoms with van der Waals surface area (Å²) in [6, 6.07) is 14.2. The lowest BCUT2D eigenvalue weighted by atomic mass is 9.95. The van der Waals surface area contributed by atoms with Gasteiger partial charge < -0.3 is 10.2 Å². The molecule has 3 rings (SSSR count). The lowest BCUT2D eigenvalue weighted by Crippen LogP contribution is -2.11. The average Bonchev–Trinajstić information content (AvgIpc) is 2.97. The molecule has 1 aromatic heterocycles. The number of rotatable bonds is 3. The summed E-state index contributed by atoms with van der Waals surface area (Å²) in [5, 5.41) is 12.9. The quantitative estimate of drug-likeness (QED) is 0.586. The van der Waals surface area contributed by atoms with Gasteiger partial charge in [-0.15, -0.1) is 0 Å². The van der Waals surface area contributed by atoms with Crippen molar-refractivity contribution < 1.29 is 9.34 Å². The van der Waals surface area contributed by atoms with Crippen LogP contribution in [0, 0.1) is 17.0 Å². The summed E-state index contributed by atoms with van der Waals surface area (Å²) in [5.74, 6) is 0.0903. The van der Waals surface area contributed by atoms with Gasteiger partial charge in [-0.3, -0.25) is 10.1 Å². The van der Waals surface area contributed by atoms with Crippen molar-refractivity contribution in [2.75, 3.05) is 0 Å². The van der Waals surface area contributed by atoms with Crippen LogP contribution < -0.4 is 5.73 Å². The molecular weight excluding hydrogens is 268 g/mol. The van der Waals surface area contributed by atoms with E-state index in [0.717, 1.165) is 21.9 Å². The summed E-state index contributed by atoms with van der Waals surface area (Å²) >= 11 is 0. The maximum atomic E-state index is 10.7. The van der Waals surface area contributed by atoms with Crippen molar-refractivity contribution in [2.24, 2.45) is 5.73 Å². The monoisotopic (exact) mass is 282 g/mol. The Hall–Kier alpha value is -2.66. The first-order valence-corrected chi connectivity index (χ1v) is 6.56. The molecule has 0 spiro atoms. The van der Waals surface area contributed by atoms with Crippen LogP contribution in [0.3, 0.4) is 0 Å². The van der Waals surface area contributed by atoms with E-state index < -0.39 is 11.0 Å². The van der Waals surface area contributed by atoms with Gasteiger partial charge in [0.15, 0.2) is 0 Å². The molecule has 0 saturated heterocycles. The number of hydrogen-bond acceptors (Lipinski definition) is 4. The number of nitrogens with two attached hydrogens (primary N) is 1. The van der Waals surface area contributed by atoms with Gasteiger partial charge in [0, 0.05) is 0 Å². The topological polar surface area (TPSA) is 82.3 Å². The van der Waals surface area contributed by atoms with Crippen LogP contribution in [0.4, 0.5) is 5.88 Å². The van der Waals surface area contributed by atoms with Crippen LogP contribution in [-0.4, -0.2) is 4.92 Å². The third-order valence-electron chi connectivity index (χ3n) is 3.61. The molecule has 1 atom stereocenters. The number of furan rings is 1. The standard InChI is InChI=1S/C16H14N2O3/c1-10-6-7-13(12-5-3-2-4-11(10)12)16(17)14-8-9-15(21-14)18(19)20/h2-9,16H,17H2,1H3. The molecule has 1 heterocycles. The van der Waals surface area contributed by atoms with Crippen molar-refractivity contribution in [3.8, 4) is 0 Å². The van der Waals surface area contributed by atoms with Gasteiger partial charge in [-0.05, 0) is 34.9 Å². The van der Waals surface area contributed by atoms with Gasteiger partial charge in [-0.2, -0.15) is 0 Å². The Morgan fingerprint density at radius 1 is 1.10 bits per heavy atom. The van der Waals surface area contributed by atoms with Gasteiger partial charge in [0.05, 0.1) is 12.1 Å². The molecule has 1 unspecified atom stereocenters. The number of nitrogens with zero attached hydrogens (tertiary/aromatic N) is 1. The molecular formula is C16H14N2O3. The van der Waals surface area contributed by atoms with E-state index in [1.54, 1.807) is 6.07 Å². The van der Waals surface area contributed by atoms with Crippen molar-refractivity contribution in [1.29, 1.82) is 0 Å². The highest BCUT2D eigenvalue weighted by atomic mass is 16.6. The van der Waals surface area contributed by atoms with Gasteiger partial charge in [0.2, 0.25) is 0 Å². The molecule has 21 heavy (non-hydrogen) atoms. The molecule has 0 bridgehead atoms. The highest BCUT2D eigenvalue weighted by Crippen LogP contribution is 2.31. The van der Waals surface area contributed by atoms with Crippen LogP contribution in [0.5, 0.6) is 0 Å². The Balaban J connectivity index is 2.11. The zero-order valence-electron chi connectivity index (χ0n) is 11.4. The number of fused-ring (bicyclic) bond motifs is 1. The first-order chi connectivity index (χ1) is 10.1. The van der Waals surface area contributed by atoms with Gasteiger partial charge in [0.25, 0.3) is 0 Å². The molecule has 0 fully saturated rings. The maximum Gasteiger partial charge on any atom is 0.433 e. The van der Waals surface area contributed by atoms with Crippen molar-refractivity contribution in [1.82, 2.24) is 0 Å². The molecule has 0 aliphatic carbocycles. The normalized spacial score (nSPS) is 12.5. The van der Waals surface area contributed by atoms with E-state index in [2.05, 4.69) is 0 Å². The minimum Gasteiger partial charge on any atom is -0.404 e. The van der Waals surface area contributed by atoms with E-state index in [-0.39, 0.29) is 5.88 Å². The van der Waals surface area contributed by atoms with E-state index in [4.69, 9.17) is 10.2 Å². The van der Waals surface area contributed by atoms with E-state index in [1.165, 1.54) is 6.07 Å². The van der Waals surface area contributed by atoms with Crippen LogP contribution in [0.2, 0.25) is 0 Å². The summed E-state index contributed by atoms with van der Waals surface area (Å²) in [6.45, 7) is 2.04. The molecule has 2 N–H and O–H groups in total. The molecule has 0 aliphatic heterocycles. The third-order valence-corrected chi connectivity index (χ3v) is 3.61. The molecule has 0 saturated carbocycles. The van der Waals surface area contributed by atoms with Gasteiger partial charge >= 0.3 is 5.88 Å². The molecule has 2 aromatic carbocycles. The number of aryl methyl sites for hydroxylation is 1. The van der Waals surface area contributed by atoms with Crippen LogP contribution in [0.15, 0.2) is 52.9 Å². The van der Waals surface area contributed by atoms with Crippen molar-refractivity contribution in [3.05, 3.63) is 75.5 Å². The molecule has 0 amide bonds. The summed E-state index contributed by atoms with van der Waals surface area (Å²) in [5.41, 5.74) is 8.28. The average molecular weight is 282 g/mol. The van der Waals surface area contributed by atoms with Crippen LogP contribution in [0.1, 0.15) is 22.9 Å². The summed E-state index contributed by atoms with van der Waals surface area (Å²) < 4.78 is 5.22. The van der Waals surface area contributed by atoms with Gasteiger partial charge in [0.1, 0.15) is 10.7 Å². The fourth-order valence-corrected chi connectivity index (χ4v) is 2.50. The zero-order valence-corrected chi connectivity index (χ0v) is 11.4. The second-order valence-electron chi connectivity index (χ2n) is 4.93. The smallest absolute Gasteiger partial charge is 0.404 e. The fourth-order valence-electron chi connectivity index (χ4n) is 2.50. The second-order valence-corrected chi connectivity index (χ2v) is 4.93.